The second kappa shape index (κ2) is 5.48. The number of carbonyl (C=O) groups excluding carboxylic acids is 1. The van der Waals surface area contributed by atoms with Crippen LogP contribution in [0, 0.1) is 0 Å². The Kier molecular flexibility index (Phi) is 3.54. The van der Waals surface area contributed by atoms with Crippen molar-refractivity contribution in [3.05, 3.63) is 34.9 Å². The smallest absolute Gasteiger partial charge is 0.341 e. The van der Waals surface area contributed by atoms with Crippen molar-refractivity contribution in [1.82, 2.24) is 19.1 Å². The minimum Gasteiger partial charge on any atom is -0.341 e. The van der Waals surface area contributed by atoms with Crippen LogP contribution in [0.15, 0.2) is 29.2 Å². The molecular formula is C14H18N4O2. The Morgan fingerprint density at radius 2 is 1.90 bits per heavy atom. The predicted octanol–water partition coefficient (Wildman–Crippen LogP) is 0.899. The lowest BCUT2D eigenvalue weighted by molar-refractivity contribution is -0.132. The first-order valence-electron chi connectivity index (χ1n) is 7.08. The number of aromatic nitrogens is 3. The number of amides is 1. The number of fused-ring (bicyclic) bond motifs is 1. The SMILES string of the molecule is O=C(Cn1nc2ccccn2c1=O)N1CCCCCC1. The zero-order valence-corrected chi connectivity index (χ0v) is 11.4. The van der Waals surface area contributed by atoms with Crippen LogP contribution in [0.5, 0.6) is 0 Å². The Morgan fingerprint density at radius 3 is 2.60 bits per heavy atom. The lowest BCUT2D eigenvalue weighted by atomic mass is 10.2. The van der Waals surface area contributed by atoms with Crippen molar-refractivity contribution in [1.29, 1.82) is 0 Å². The van der Waals surface area contributed by atoms with Gasteiger partial charge in [-0.25, -0.2) is 9.48 Å². The molecule has 0 radical (unpaired) electrons. The summed E-state index contributed by atoms with van der Waals surface area (Å²) in [4.78, 5) is 26.2. The van der Waals surface area contributed by atoms with Crippen LogP contribution in [0.4, 0.5) is 0 Å². The van der Waals surface area contributed by atoms with E-state index in [9.17, 15) is 9.59 Å². The molecule has 0 unspecified atom stereocenters. The van der Waals surface area contributed by atoms with E-state index in [4.69, 9.17) is 0 Å². The highest BCUT2D eigenvalue weighted by molar-refractivity contribution is 5.75. The molecule has 1 fully saturated rings. The van der Waals surface area contributed by atoms with E-state index in [0.29, 0.717) is 5.65 Å². The molecule has 0 N–H and O–H groups in total. The van der Waals surface area contributed by atoms with Crippen LogP contribution in [0.25, 0.3) is 5.65 Å². The molecule has 0 bridgehead atoms. The molecular weight excluding hydrogens is 256 g/mol. The van der Waals surface area contributed by atoms with Gasteiger partial charge in [-0.2, -0.15) is 0 Å². The number of likely N-dealkylation sites (tertiary alicyclic amines) is 1. The van der Waals surface area contributed by atoms with E-state index in [1.165, 1.54) is 21.9 Å². The average molecular weight is 274 g/mol. The third-order valence-electron chi connectivity index (χ3n) is 3.73. The molecule has 2 aromatic rings. The van der Waals surface area contributed by atoms with Crippen molar-refractivity contribution in [2.75, 3.05) is 13.1 Å². The Labute approximate surface area is 116 Å². The quantitative estimate of drug-likeness (QED) is 0.817. The van der Waals surface area contributed by atoms with Gasteiger partial charge in [0.25, 0.3) is 0 Å². The molecule has 0 saturated carbocycles. The minimum absolute atomic E-state index is 0.0163. The van der Waals surface area contributed by atoms with Crippen LogP contribution < -0.4 is 5.69 Å². The standard InChI is InChI=1S/C14H18N4O2/c19-13(16-8-4-1-2-5-9-16)11-18-14(20)17-10-6-3-7-12(17)15-18/h3,6-7,10H,1-2,4-5,8-9,11H2. The highest BCUT2D eigenvalue weighted by atomic mass is 16.2. The maximum Gasteiger partial charge on any atom is 0.350 e. The van der Waals surface area contributed by atoms with Crippen molar-refractivity contribution in [3.8, 4) is 0 Å². The first kappa shape index (κ1) is 12.9. The summed E-state index contributed by atoms with van der Waals surface area (Å²) >= 11 is 0. The maximum absolute atomic E-state index is 12.3. The van der Waals surface area contributed by atoms with Gasteiger partial charge >= 0.3 is 5.69 Å². The molecule has 6 heteroatoms. The van der Waals surface area contributed by atoms with Gasteiger partial charge in [0.1, 0.15) is 6.54 Å². The molecule has 0 spiro atoms. The Balaban J connectivity index is 1.80. The van der Waals surface area contributed by atoms with Crippen LogP contribution in [0.2, 0.25) is 0 Å². The van der Waals surface area contributed by atoms with Gasteiger partial charge < -0.3 is 4.90 Å². The fourth-order valence-corrected chi connectivity index (χ4v) is 2.62. The second-order valence-electron chi connectivity index (χ2n) is 5.16. The summed E-state index contributed by atoms with van der Waals surface area (Å²) in [5.74, 6) is -0.0163. The molecule has 0 aromatic carbocycles. The highest BCUT2D eigenvalue weighted by Gasteiger charge is 2.17. The summed E-state index contributed by atoms with van der Waals surface area (Å²) in [7, 11) is 0. The Bertz CT molecular complexity index is 665. The summed E-state index contributed by atoms with van der Waals surface area (Å²) in [5.41, 5.74) is 0.310. The van der Waals surface area contributed by atoms with E-state index in [2.05, 4.69) is 5.10 Å². The third kappa shape index (κ3) is 2.45. The summed E-state index contributed by atoms with van der Waals surface area (Å²) in [6.45, 7) is 1.61. The molecule has 0 atom stereocenters. The summed E-state index contributed by atoms with van der Waals surface area (Å²) in [5, 5.41) is 4.19. The van der Waals surface area contributed by atoms with Gasteiger partial charge in [-0.05, 0) is 25.0 Å². The van der Waals surface area contributed by atoms with Gasteiger partial charge in [-0.1, -0.05) is 18.9 Å². The number of nitrogens with zero attached hydrogens (tertiary/aromatic N) is 4. The van der Waals surface area contributed by atoms with Crippen LogP contribution >= 0.6 is 0 Å². The molecule has 1 saturated heterocycles. The number of hydrogen-bond acceptors (Lipinski definition) is 3. The first-order valence-corrected chi connectivity index (χ1v) is 7.08. The van der Waals surface area contributed by atoms with Crippen LogP contribution in [0.1, 0.15) is 25.7 Å². The number of hydrogen-bond donors (Lipinski definition) is 0. The van der Waals surface area contributed by atoms with E-state index >= 15 is 0 Å². The van der Waals surface area contributed by atoms with Gasteiger partial charge in [0.05, 0.1) is 0 Å². The number of carbonyl (C=O) groups is 1. The van der Waals surface area contributed by atoms with Crippen molar-refractivity contribution in [3.63, 3.8) is 0 Å². The molecule has 6 nitrogen and oxygen atoms in total. The second-order valence-corrected chi connectivity index (χ2v) is 5.16. The lowest BCUT2D eigenvalue weighted by Crippen LogP contribution is -2.37. The van der Waals surface area contributed by atoms with Crippen molar-refractivity contribution >= 4 is 11.6 Å². The molecule has 0 aliphatic carbocycles. The molecule has 1 amide bonds. The topological polar surface area (TPSA) is 59.6 Å². The first-order chi connectivity index (χ1) is 9.75. The van der Waals surface area contributed by atoms with E-state index in [0.717, 1.165) is 25.9 Å². The van der Waals surface area contributed by atoms with Crippen molar-refractivity contribution < 1.29 is 4.79 Å². The molecule has 106 valence electrons. The number of pyridine rings is 1. The molecule has 20 heavy (non-hydrogen) atoms. The monoisotopic (exact) mass is 274 g/mol. The summed E-state index contributed by atoms with van der Waals surface area (Å²) in [6.07, 6.45) is 6.12. The number of rotatable bonds is 2. The van der Waals surface area contributed by atoms with Gasteiger partial charge in [-0.15, -0.1) is 5.10 Å². The van der Waals surface area contributed by atoms with Gasteiger partial charge in [0, 0.05) is 19.3 Å². The molecule has 2 aromatic heterocycles. The minimum atomic E-state index is -0.260. The van der Waals surface area contributed by atoms with Crippen LogP contribution in [-0.2, 0) is 11.3 Å². The molecule has 3 heterocycles. The van der Waals surface area contributed by atoms with E-state index in [1.54, 1.807) is 18.3 Å². The van der Waals surface area contributed by atoms with Gasteiger partial charge in [0.2, 0.25) is 5.91 Å². The van der Waals surface area contributed by atoms with E-state index in [1.807, 2.05) is 11.0 Å². The molecule has 1 aliphatic heterocycles. The highest BCUT2D eigenvalue weighted by Crippen LogP contribution is 2.10. The predicted molar refractivity (Wildman–Crippen MR) is 74.5 cm³/mol. The van der Waals surface area contributed by atoms with Gasteiger partial charge in [-0.3, -0.25) is 9.20 Å². The summed E-state index contributed by atoms with van der Waals surface area (Å²) in [6, 6.07) is 5.36. The van der Waals surface area contributed by atoms with Crippen LogP contribution in [-0.4, -0.2) is 38.1 Å². The van der Waals surface area contributed by atoms with Crippen molar-refractivity contribution in [2.24, 2.45) is 0 Å². The molecule has 3 rings (SSSR count). The zero-order valence-electron chi connectivity index (χ0n) is 11.4. The maximum atomic E-state index is 12.3. The fourth-order valence-electron chi connectivity index (χ4n) is 2.62. The molecule has 1 aliphatic rings. The lowest BCUT2D eigenvalue weighted by Gasteiger charge is -2.19. The Morgan fingerprint density at radius 1 is 1.15 bits per heavy atom. The third-order valence-corrected chi connectivity index (χ3v) is 3.73. The average Bonchev–Trinajstić information content (AvgIpc) is 2.67. The zero-order chi connectivity index (χ0) is 13.9. The van der Waals surface area contributed by atoms with E-state index < -0.39 is 0 Å². The van der Waals surface area contributed by atoms with E-state index in [-0.39, 0.29) is 18.1 Å². The summed E-state index contributed by atoms with van der Waals surface area (Å²) < 4.78 is 2.71. The van der Waals surface area contributed by atoms with Crippen molar-refractivity contribution in [2.45, 2.75) is 32.2 Å². The van der Waals surface area contributed by atoms with Gasteiger partial charge in [0.15, 0.2) is 5.65 Å². The Hall–Kier alpha value is -2.11. The fraction of sp³-hybridized carbons (Fsp3) is 0.500. The normalized spacial score (nSPS) is 16.3. The van der Waals surface area contributed by atoms with Crippen LogP contribution in [0.3, 0.4) is 0 Å². The largest absolute Gasteiger partial charge is 0.350 e.